The molecule has 0 saturated heterocycles. The molecule has 0 aliphatic carbocycles. The topological polar surface area (TPSA) is 25.2 Å². The van der Waals surface area contributed by atoms with Gasteiger partial charge in [-0.2, -0.15) is 0 Å². The second kappa shape index (κ2) is 7.08. The summed E-state index contributed by atoms with van der Waals surface area (Å²) in [6, 6.07) is 25.9. The van der Waals surface area contributed by atoms with Crippen LogP contribution in [0.25, 0.3) is 10.9 Å². The number of para-hydroxylation sites is 1. The summed E-state index contributed by atoms with van der Waals surface area (Å²) in [7, 11) is 1.79. The Morgan fingerprint density at radius 1 is 0.926 bits per heavy atom. The average molecular weight is 358 g/mol. The largest absolute Gasteiger partial charge is 0.340 e. The monoisotopic (exact) mass is 358 g/mol. The highest BCUT2D eigenvalue weighted by Gasteiger charge is 2.22. The molecule has 0 N–H and O–H groups in total. The zero-order valence-corrected chi connectivity index (χ0v) is 15.0. The average Bonchev–Trinajstić information content (AvgIpc) is 3.05. The van der Waals surface area contributed by atoms with Gasteiger partial charge in [-0.25, -0.2) is 4.39 Å². The van der Waals surface area contributed by atoms with Gasteiger partial charge in [-0.1, -0.05) is 54.6 Å². The van der Waals surface area contributed by atoms with Gasteiger partial charge in [0.2, 0.25) is 0 Å². The molecule has 1 amide bonds. The predicted molar refractivity (Wildman–Crippen MR) is 106 cm³/mol. The van der Waals surface area contributed by atoms with E-state index in [4.69, 9.17) is 0 Å². The molecule has 134 valence electrons. The molecule has 3 aromatic carbocycles. The van der Waals surface area contributed by atoms with E-state index < -0.39 is 0 Å². The quantitative estimate of drug-likeness (QED) is 0.494. The maximum atomic E-state index is 14.2. The van der Waals surface area contributed by atoms with E-state index in [9.17, 15) is 9.18 Å². The zero-order valence-electron chi connectivity index (χ0n) is 15.0. The Kier molecular flexibility index (Phi) is 4.47. The molecule has 0 aliphatic heterocycles. The van der Waals surface area contributed by atoms with Gasteiger partial charge in [-0.05, 0) is 35.9 Å². The Bertz CT molecular complexity index is 1090. The lowest BCUT2D eigenvalue weighted by Gasteiger charge is -2.23. The lowest BCUT2D eigenvalue weighted by molar-refractivity contribution is 0.0977. The third kappa shape index (κ3) is 3.22. The van der Waals surface area contributed by atoms with E-state index in [1.165, 1.54) is 6.07 Å². The number of amides is 1. The zero-order chi connectivity index (χ0) is 18.8. The van der Waals surface area contributed by atoms with Crippen LogP contribution in [0.5, 0.6) is 0 Å². The number of hydrogen-bond donors (Lipinski definition) is 0. The van der Waals surface area contributed by atoms with Gasteiger partial charge >= 0.3 is 0 Å². The summed E-state index contributed by atoms with van der Waals surface area (Å²) in [6.45, 7) is 0.438. The second-order valence-corrected chi connectivity index (χ2v) is 6.47. The van der Waals surface area contributed by atoms with Crippen molar-refractivity contribution in [2.75, 3.05) is 4.90 Å². The predicted octanol–water partition coefficient (Wildman–Crippen LogP) is 5.16. The van der Waals surface area contributed by atoms with Crippen LogP contribution in [0.15, 0.2) is 84.9 Å². The van der Waals surface area contributed by atoms with Crippen LogP contribution in [0.2, 0.25) is 0 Å². The summed E-state index contributed by atoms with van der Waals surface area (Å²) in [4.78, 5) is 15.2. The summed E-state index contributed by atoms with van der Waals surface area (Å²) in [5.41, 5.74) is 2.98. The number of aromatic nitrogens is 1. The minimum absolute atomic E-state index is 0.164. The van der Waals surface area contributed by atoms with Crippen LogP contribution in [0, 0.1) is 5.82 Å². The van der Waals surface area contributed by atoms with E-state index in [1.54, 1.807) is 28.6 Å². The van der Waals surface area contributed by atoms with Gasteiger partial charge in [0, 0.05) is 18.1 Å². The standard InChI is InChI=1S/C23H19FN2O/c1-25-21-14-8-13-20(24)19(21)15-22(25)23(27)26(18-11-6-3-7-12-18)16-17-9-4-2-5-10-17/h2-15H,16H2,1H3. The van der Waals surface area contributed by atoms with Gasteiger partial charge in [-0.15, -0.1) is 0 Å². The molecule has 4 aromatic rings. The normalized spacial score (nSPS) is 10.9. The molecule has 4 heteroatoms. The van der Waals surface area contributed by atoms with Gasteiger partial charge in [-0.3, -0.25) is 4.79 Å². The maximum absolute atomic E-state index is 14.2. The number of fused-ring (bicyclic) bond motifs is 1. The Balaban J connectivity index is 1.79. The lowest BCUT2D eigenvalue weighted by Crippen LogP contribution is -2.31. The van der Waals surface area contributed by atoms with Crippen molar-refractivity contribution in [2.24, 2.45) is 7.05 Å². The van der Waals surface area contributed by atoms with E-state index in [0.717, 1.165) is 11.3 Å². The van der Waals surface area contributed by atoms with E-state index in [2.05, 4.69) is 0 Å². The Morgan fingerprint density at radius 3 is 2.26 bits per heavy atom. The highest BCUT2D eigenvalue weighted by molar-refractivity contribution is 6.07. The summed E-state index contributed by atoms with van der Waals surface area (Å²) in [5, 5.41) is 0.455. The van der Waals surface area contributed by atoms with Crippen molar-refractivity contribution >= 4 is 22.5 Å². The van der Waals surface area contributed by atoms with Crippen molar-refractivity contribution in [1.29, 1.82) is 0 Å². The number of carbonyl (C=O) groups is 1. The van der Waals surface area contributed by atoms with Crippen LogP contribution in [-0.4, -0.2) is 10.5 Å². The molecular weight excluding hydrogens is 339 g/mol. The number of anilines is 1. The molecule has 4 rings (SSSR count). The molecule has 3 nitrogen and oxygen atoms in total. The number of aryl methyl sites for hydroxylation is 1. The lowest BCUT2D eigenvalue weighted by atomic mass is 10.1. The van der Waals surface area contributed by atoms with Gasteiger partial charge in [0.25, 0.3) is 5.91 Å². The highest BCUT2D eigenvalue weighted by atomic mass is 19.1. The van der Waals surface area contributed by atoms with Crippen LogP contribution in [-0.2, 0) is 13.6 Å². The maximum Gasteiger partial charge on any atom is 0.275 e. The van der Waals surface area contributed by atoms with Crippen LogP contribution in [0.4, 0.5) is 10.1 Å². The van der Waals surface area contributed by atoms with Crippen LogP contribution < -0.4 is 4.90 Å². The van der Waals surface area contributed by atoms with Crippen molar-refractivity contribution in [1.82, 2.24) is 4.57 Å². The molecule has 0 radical (unpaired) electrons. The van der Waals surface area contributed by atoms with Crippen LogP contribution >= 0.6 is 0 Å². The fraction of sp³-hybridized carbons (Fsp3) is 0.0870. The summed E-state index contributed by atoms with van der Waals surface area (Å²) < 4.78 is 15.9. The number of hydrogen-bond acceptors (Lipinski definition) is 1. The smallest absolute Gasteiger partial charge is 0.275 e. The van der Waals surface area contributed by atoms with Crippen molar-refractivity contribution in [3.05, 3.63) is 102 Å². The second-order valence-electron chi connectivity index (χ2n) is 6.47. The van der Waals surface area contributed by atoms with Gasteiger partial charge in [0.1, 0.15) is 11.5 Å². The fourth-order valence-corrected chi connectivity index (χ4v) is 3.32. The number of benzene rings is 3. The van der Waals surface area contributed by atoms with E-state index >= 15 is 0 Å². The van der Waals surface area contributed by atoms with Crippen LogP contribution in [0.1, 0.15) is 16.1 Å². The number of halogens is 1. The SMILES string of the molecule is Cn1c(C(=O)N(Cc2ccccc2)c2ccccc2)cc2c(F)cccc21. The first-order chi connectivity index (χ1) is 13.1. The summed E-state index contributed by atoms with van der Waals surface area (Å²) >= 11 is 0. The molecular formula is C23H19FN2O. The molecule has 0 aliphatic rings. The fourth-order valence-electron chi connectivity index (χ4n) is 3.32. The number of rotatable bonds is 4. The minimum atomic E-state index is -0.323. The molecule has 0 fully saturated rings. The third-order valence-corrected chi connectivity index (χ3v) is 4.75. The summed E-state index contributed by atoms with van der Waals surface area (Å²) in [5.74, 6) is -0.486. The van der Waals surface area contributed by atoms with Crippen molar-refractivity contribution < 1.29 is 9.18 Å². The Morgan fingerprint density at radius 2 is 1.59 bits per heavy atom. The molecule has 0 bridgehead atoms. The molecule has 0 saturated carbocycles. The first kappa shape index (κ1) is 17.0. The van der Waals surface area contributed by atoms with Crippen LogP contribution in [0.3, 0.4) is 0 Å². The van der Waals surface area contributed by atoms with Gasteiger partial charge < -0.3 is 9.47 Å². The van der Waals surface area contributed by atoms with Crippen molar-refractivity contribution in [2.45, 2.75) is 6.54 Å². The number of nitrogens with zero attached hydrogens (tertiary/aromatic N) is 2. The molecule has 27 heavy (non-hydrogen) atoms. The first-order valence-electron chi connectivity index (χ1n) is 8.80. The molecule has 1 aromatic heterocycles. The summed E-state index contributed by atoms with van der Waals surface area (Å²) in [6.07, 6.45) is 0. The Hall–Kier alpha value is -3.40. The minimum Gasteiger partial charge on any atom is -0.340 e. The van der Waals surface area contributed by atoms with Crippen molar-refractivity contribution in [3.63, 3.8) is 0 Å². The molecule has 0 atom stereocenters. The molecule has 0 unspecified atom stereocenters. The van der Waals surface area contributed by atoms with E-state index in [0.29, 0.717) is 23.1 Å². The van der Waals surface area contributed by atoms with Gasteiger partial charge in [0.15, 0.2) is 0 Å². The van der Waals surface area contributed by atoms with Crippen molar-refractivity contribution in [3.8, 4) is 0 Å². The molecule has 1 heterocycles. The molecule has 0 spiro atoms. The third-order valence-electron chi connectivity index (χ3n) is 4.75. The highest BCUT2D eigenvalue weighted by Crippen LogP contribution is 2.25. The Labute approximate surface area is 157 Å². The first-order valence-corrected chi connectivity index (χ1v) is 8.80. The number of carbonyl (C=O) groups excluding carboxylic acids is 1. The van der Waals surface area contributed by atoms with Gasteiger partial charge in [0.05, 0.1) is 12.1 Å². The van der Waals surface area contributed by atoms with E-state index in [1.807, 2.05) is 66.7 Å². The van der Waals surface area contributed by atoms with E-state index in [-0.39, 0.29) is 11.7 Å².